The number of hydrogen-bond donors (Lipinski definition) is 1. The monoisotopic (exact) mass is 495 g/mol. The number of hydrogen-bond acceptors (Lipinski definition) is 2. The third kappa shape index (κ3) is 3.89. The van der Waals surface area contributed by atoms with E-state index in [1.807, 2.05) is 0 Å². The average Bonchev–Trinajstić information content (AvgIpc) is 3.31. The average molecular weight is 496 g/mol. The molecule has 0 spiro atoms. The van der Waals surface area contributed by atoms with Crippen LogP contribution in [0.4, 0.5) is 5.69 Å². The maximum absolute atomic E-state index is 14.0. The van der Waals surface area contributed by atoms with E-state index in [1.54, 1.807) is 0 Å². The number of aliphatic hydroxyl groups excluding tert-OH is 1. The number of carbonyl (C=O) groups excluding carboxylic acids is 1. The smallest absolute Gasteiger partial charge is 0.213 e. The molecule has 2 aliphatic rings. The summed E-state index contributed by atoms with van der Waals surface area (Å²) in [6, 6.07) is 13.0. The van der Waals surface area contributed by atoms with Crippen LogP contribution in [0.25, 0.3) is 22.0 Å². The second kappa shape index (κ2) is 9.81. The molecule has 37 heavy (non-hydrogen) atoms. The van der Waals surface area contributed by atoms with Crippen molar-refractivity contribution in [3.63, 3.8) is 0 Å². The molecule has 0 saturated carbocycles. The van der Waals surface area contributed by atoms with E-state index in [4.69, 9.17) is 0 Å². The first-order chi connectivity index (χ1) is 17.8. The van der Waals surface area contributed by atoms with Crippen LogP contribution >= 0.6 is 0 Å². The molecule has 192 valence electrons. The highest BCUT2D eigenvalue weighted by atomic mass is 16.3. The fourth-order valence-corrected chi connectivity index (χ4v) is 6.05. The summed E-state index contributed by atoms with van der Waals surface area (Å²) in [5, 5.41) is 12.7. The quantitative estimate of drug-likeness (QED) is 0.255. The number of aromatic nitrogens is 1. The van der Waals surface area contributed by atoms with Crippen LogP contribution in [0.5, 0.6) is 0 Å². The molecule has 0 saturated heterocycles. The highest BCUT2D eigenvalue weighted by Gasteiger charge is 2.44. The number of fused-ring (bicyclic) bond motifs is 2. The third-order valence-electron chi connectivity index (χ3n) is 8.17. The first-order valence-corrected chi connectivity index (χ1v) is 13.9. The summed E-state index contributed by atoms with van der Waals surface area (Å²) in [5.41, 5.74) is 10.6. The van der Waals surface area contributed by atoms with Gasteiger partial charge in [0, 0.05) is 48.1 Å². The highest BCUT2D eigenvalue weighted by Crippen LogP contribution is 2.47. The largest absolute Gasteiger partial charge is 0.506 e. The zero-order valence-electron chi connectivity index (χ0n) is 23.2. The van der Waals surface area contributed by atoms with E-state index in [9.17, 15) is 9.90 Å². The molecular formula is C33H39N2O2+. The normalized spacial score (nSPS) is 17.3. The van der Waals surface area contributed by atoms with Crippen LogP contribution in [0.15, 0.2) is 47.7 Å². The number of ketones is 1. The van der Waals surface area contributed by atoms with Gasteiger partial charge in [0.1, 0.15) is 12.3 Å². The summed E-state index contributed by atoms with van der Waals surface area (Å²) in [6.45, 7) is 14.6. The summed E-state index contributed by atoms with van der Waals surface area (Å²) in [7, 11) is 0. The minimum atomic E-state index is -0.0452. The van der Waals surface area contributed by atoms with Crippen LogP contribution in [0.2, 0.25) is 0 Å². The molecule has 0 bridgehead atoms. The summed E-state index contributed by atoms with van der Waals surface area (Å²) >= 11 is 0. The maximum Gasteiger partial charge on any atom is 0.213 e. The van der Waals surface area contributed by atoms with Crippen molar-refractivity contribution in [3.05, 3.63) is 75.7 Å². The highest BCUT2D eigenvalue weighted by molar-refractivity contribution is 6.47. The van der Waals surface area contributed by atoms with Gasteiger partial charge in [-0.05, 0) is 50.5 Å². The fourth-order valence-electron chi connectivity index (χ4n) is 6.05. The van der Waals surface area contributed by atoms with Gasteiger partial charge in [0.25, 0.3) is 0 Å². The minimum absolute atomic E-state index is 0.0452. The van der Waals surface area contributed by atoms with E-state index in [0.29, 0.717) is 11.1 Å². The zero-order valence-corrected chi connectivity index (χ0v) is 23.2. The van der Waals surface area contributed by atoms with E-state index in [0.717, 1.165) is 95.5 Å². The summed E-state index contributed by atoms with van der Waals surface area (Å²) in [5.74, 6) is 0.0971. The SMILES string of the molecule is CCCCn1c(C)c(C2=C(O)/C(=C3/C(C)=[N+](CCCC)c4ccc(C)cc43)C2=O)c2cc(CC)ccc21. The van der Waals surface area contributed by atoms with Crippen LogP contribution in [0.1, 0.15) is 81.3 Å². The Labute approximate surface area is 220 Å². The minimum Gasteiger partial charge on any atom is -0.506 e. The van der Waals surface area contributed by atoms with E-state index in [2.05, 4.69) is 87.1 Å². The summed E-state index contributed by atoms with van der Waals surface area (Å²) < 4.78 is 4.64. The number of rotatable bonds is 8. The standard InChI is InChI=1S/C33H38N2O2/c1-7-10-16-34-21(5)28(24-18-20(4)12-14-26(24)34)30-32(36)31(33(30)37)29-22(6)35(17-11-8-2)27-15-13-23(9-3)19-25(27)29/h12-15,18-19H,7-11,16-17H2,1-6H3/p+1. The predicted octanol–water partition coefficient (Wildman–Crippen LogP) is 7.84. The van der Waals surface area contributed by atoms with E-state index >= 15 is 0 Å². The van der Waals surface area contributed by atoms with Crippen molar-refractivity contribution in [1.82, 2.24) is 4.57 Å². The molecule has 4 nitrogen and oxygen atoms in total. The van der Waals surface area contributed by atoms with Crippen LogP contribution in [-0.2, 0) is 17.8 Å². The first-order valence-electron chi connectivity index (χ1n) is 13.9. The molecule has 1 aliphatic carbocycles. The molecule has 0 fully saturated rings. The van der Waals surface area contributed by atoms with Gasteiger partial charge in [0.05, 0.1) is 22.3 Å². The van der Waals surface area contributed by atoms with Crippen LogP contribution < -0.4 is 0 Å². The Morgan fingerprint density at radius 1 is 0.892 bits per heavy atom. The molecule has 0 atom stereocenters. The van der Waals surface area contributed by atoms with Gasteiger partial charge in [0.2, 0.25) is 11.5 Å². The lowest BCUT2D eigenvalue weighted by atomic mass is 9.78. The zero-order chi connectivity index (χ0) is 26.4. The molecule has 2 aromatic carbocycles. The molecule has 0 unspecified atom stereocenters. The van der Waals surface area contributed by atoms with Crippen molar-refractivity contribution in [2.45, 2.75) is 80.2 Å². The van der Waals surface area contributed by atoms with Crippen molar-refractivity contribution < 1.29 is 14.5 Å². The predicted molar refractivity (Wildman–Crippen MR) is 154 cm³/mol. The molecular weight excluding hydrogens is 456 g/mol. The maximum atomic E-state index is 14.0. The molecule has 4 heteroatoms. The lowest BCUT2D eigenvalue weighted by Crippen LogP contribution is -2.25. The van der Waals surface area contributed by atoms with Gasteiger partial charge in [-0.25, -0.2) is 0 Å². The number of aryl methyl sites for hydroxylation is 3. The van der Waals surface area contributed by atoms with Crippen molar-refractivity contribution in [3.8, 4) is 0 Å². The Morgan fingerprint density at radius 3 is 2.32 bits per heavy atom. The molecule has 2 heterocycles. The van der Waals surface area contributed by atoms with Gasteiger partial charge in [-0.1, -0.05) is 51.3 Å². The molecule has 3 aromatic rings. The first kappa shape index (κ1) is 25.3. The molecule has 1 aromatic heterocycles. The van der Waals surface area contributed by atoms with Gasteiger partial charge >= 0.3 is 0 Å². The molecule has 0 amide bonds. The van der Waals surface area contributed by atoms with Gasteiger partial charge in [0.15, 0.2) is 5.71 Å². The number of benzene rings is 2. The Kier molecular flexibility index (Phi) is 6.70. The Hall–Kier alpha value is -3.40. The molecule has 5 rings (SSSR count). The van der Waals surface area contributed by atoms with Gasteiger partial charge in [-0.3, -0.25) is 4.79 Å². The fraction of sp³-hybridized carbons (Fsp3) is 0.394. The second-order valence-corrected chi connectivity index (χ2v) is 10.6. The lowest BCUT2D eigenvalue weighted by molar-refractivity contribution is -0.437. The number of unbranched alkanes of at least 4 members (excludes halogenated alkanes) is 2. The van der Waals surface area contributed by atoms with Gasteiger partial charge in [-0.15, -0.1) is 0 Å². The number of aliphatic hydroxyl groups is 1. The van der Waals surface area contributed by atoms with Gasteiger partial charge in [-0.2, -0.15) is 4.58 Å². The van der Waals surface area contributed by atoms with E-state index in [1.165, 1.54) is 5.56 Å². The number of Topliss-reactive ketones (excluding diaryl/α,β-unsaturated/α-hetero) is 1. The van der Waals surface area contributed by atoms with E-state index < -0.39 is 0 Å². The number of nitrogens with zero attached hydrogens (tertiary/aromatic N) is 2. The van der Waals surface area contributed by atoms with Crippen molar-refractivity contribution >= 4 is 39.2 Å². The topological polar surface area (TPSA) is 45.2 Å². The van der Waals surface area contributed by atoms with Gasteiger partial charge < -0.3 is 9.67 Å². The lowest BCUT2D eigenvalue weighted by Gasteiger charge is -2.23. The summed E-state index contributed by atoms with van der Waals surface area (Å²) in [6.07, 6.45) is 5.29. The van der Waals surface area contributed by atoms with Crippen molar-refractivity contribution in [2.24, 2.45) is 0 Å². The van der Waals surface area contributed by atoms with Crippen molar-refractivity contribution in [1.29, 1.82) is 0 Å². The molecule has 0 radical (unpaired) electrons. The van der Waals surface area contributed by atoms with E-state index in [-0.39, 0.29) is 11.5 Å². The third-order valence-corrected chi connectivity index (χ3v) is 8.17. The molecule has 1 N–H and O–H groups in total. The number of carbonyl (C=O) groups is 1. The molecule has 1 aliphatic heterocycles. The Bertz CT molecular complexity index is 1530. The summed E-state index contributed by atoms with van der Waals surface area (Å²) in [4.78, 5) is 14.0. The van der Waals surface area contributed by atoms with Crippen LogP contribution in [0, 0.1) is 13.8 Å². The van der Waals surface area contributed by atoms with Crippen molar-refractivity contribution in [2.75, 3.05) is 6.54 Å². The Balaban J connectivity index is 1.73. The van der Waals surface area contributed by atoms with Crippen LogP contribution in [0.3, 0.4) is 0 Å². The second-order valence-electron chi connectivity index (χ2n) is 10.6. The van der Waals surface area contributed by atoms with Crippen LogP contribution in [-0.4, -0.2) is 32.3 Å². The number of allylic oxidation sites excluding steroid dienone is 3. The Morgan fingerprint density at radius 2 is 1.65 bits per heavy atom.